The molecular formula is C11H18N4. The normalized spacial score (nSPS) is 31.8. The van der Waals surface area contributed by atoms with Crippen LogP contribution in [-0.2, 0) is 0 Å². The minimum atomic E-state index is 0.292. The van der Waals surface area contributed by atoms with Gasteiger partial charge in [0, 0.05) is 18.0 Å². The molecule has 2 aliphatic rings. The molecule has 4 heteroatoms. The van der Waals surface area contributed by atoms with Crippen molar-refractivity contribution >= 4 is 0 Å². The van der Waals surface area contributed by atoms with Gasteiger partial charge in [-0.05, 0) is 25.7 Å². The van der Waals surface area contributed by atoms with Gasteiger partial charge in [-0.2, -0.15) is 0 Å². The van der Waals surface area contributed by atoms with Crippen LogP contribution in [0.3, 0.4) is 0 Å². The molecule has 15 heavy (non-hydrogen) atoms. The van der Waals surface area contributed by atoms with Crippen molar-refractivity contribution in [3.63, 3.8) is 0 Å². The fourth-order valence-corrected chi connectivity index (χ4v) is 2.63. The summed E-state index contributed by atoms with van der Waals surface area (Å²) >= 11 is 0. The summed E-state index contributed by atoms with van der Waals surface area (Å²) in [5, 5.41) is 8.33. The third-order valence-electron chi connectivity index (χ3n) is 3.69. The Bertz CT molecular complexity index is 342. The molecule has 1 aromatic rings. The van der Waals surface area contributed by atoms with Crippen LogP contribution in [0.2, 0.25) is 0 Å². The van der Waals surface area contributed by atoms with Crippen molar-refractivity contribution in [2.24, 2.45) is 5.73 Å². The molecule has 0 bridgehead atoms. The molecule has 0 amide bonds. The highest BCUT2D eigenvalue weighted by atomic mass is 15.3. The molecule has 0 radical (unpaired) electrons. The molecule has 0 saturated heterocycles. The smallest absolute Gasteiger partial charge is 0.137 e. The van der Waals surface area contributed by atoms with Crippen LogP contribution in [-0.4, -0.2) is 20.8 Å². The molecule has 2 atom stereocenters. The van der Waals surface area contributed by atoms with Gasteiger partial charge >= 0.3 is 0 Å². The Labute approximate surface area is 89.9 Å². The molecule has 1 heterocycles. The highest BCUT2D eigenvalue weighted by molar-refractivity contribution is 5.06. The van der Waals surface area contributed by atoms with Crippen LogP contribution in [0, 0.1) is 0 Å². The van der Waals surface area contributed by atoms with Crippen molar-refractivity contribution < 1.29 is 0 Å². The third-order valence-corrected chi connectivity index (χ3v) is 3.69. The van der Waals surface area contributed by atoms with E-state index >= 15 is 0 Å². The standard InChI is InChI=1S/C11H18N4/c12-10-4-2-1-3-9(10)11-14-13-7-15(11)8-5-6-8/h7-10H,1-6,12H2. The summed E-state index contributed by atoms with van der Waals surface area (Å²) in [4.78, 5) is 0. The number of rotatable bonds is 2. The fourth-order valence-electron chi connectivity index (χ4n) is 2.63. The number of aromatic nitrogens is 3. The Morgan fingerprint density at radius 1 is 1.20 bits per heavy atom. The maximum atomic E-state index is 6.18. The van der Waals surface area contributed by atoms with Crippen LogP contribution in [0.1, 0.15) is 56.3 Å². The van der Waals surface area contributed by atoms with Crippen LogP contribution in [0.4, 0.5) is 0 Å². The largest absolute Gasteiger partial charge is 0.327 e. The second-order valence-electron chi connectivity index (χ2n) is 4.88. The van der Waals surface area contributed by atoms with Gasteiger partial charge in [-0.1, -0.05) is 12.8 Å². The van der Waals surface area contributed by atoms with E-state index in [1.165, 1.54) is 32.1 Å². The van der Waals surface area contributed by atoms with Gasteiger partial charge in [-0.25, -0.2) is 0 Å². The topological polar surface area (TPSA) is 56.7 Å². The molecule has 3 rings (SSSR count). The lowest BCUT2D eigenvalue weighted by molar-refractivity contribution is 0.363. The summed E-state index contributed by atoms with van der Waals surface area (Å²) in [6, 6.07) is 0.963. The van der Waals surface area contributed by atoms with E-state index in [1.54, 1.807) is 0 Å². The predicted octanol–water partition coefficient (Wildman–Crippen LogP) is 1.60. The van der Waals surface area contributed by atoms with E-state index in [0.717, 1.165) is 12.2 Å². The van der Waals surface area contributed by atoms with Gasteiger partial charge in [-0.3, -0.25) is 0 Å². The minimum absolute atomic E-state index is 0.292. The molecule has 0 aliphatic heterocycles. The van der Waals surface area contributed by atoms with Crippen LogP contribution in [0.15, 0.2) is 6.33 Å². The maximum Gasteiger partial charge on any atom is 0.137 e. The predicted molar refractivity (Wildman–Crippen MR) is 57.5 cm³/mol. The van der Waals surface area contributed by atoms with E-state index in [-0.39, 0.29) is 0 Å². The number of hydrogen-bond donors (Lipinski definition) is 1. The molecule has 2 N–H and O–H groups in total. The summed E-state index contributed by atoms with van der Waals surface area (Å²) in [6.45, 7) is 0. The first-order chi connectivity index (χ1) is 7.36. The SMILES string of the molecule is NC1CCCCC1c1nncn1C1CC1. The lowest BCUT2D eigenvalue weighted by Gasteiger charge is -2.27. The average Bonchev–Trinajstić information content (AvgIpc) is 2.98. The first-order valence-electron chi connectivity index (χ1n) is 6.01. The summed E-state index contributed by atoms with van der Waals surface area (Å²) in [7, 11) is 0. The molecule has 2 unspecified atom stereocenters. The highest BCUT2D eigenvalue weighted by Crippen LogP contribution is 2.39. The first-order valence-corrected chi connectivity index (χ1v) is 6.01. The second kappa shape index (κ2) is 3.59. The van der Waals surface area contributed by atoms with E-state index in [0.29, 0.717) is 18.0 Å². The van der Waals surface area contributed by atoms with E-state index in [4.69, 9.17) is 5.73 Å². The van der Waals surface area contributed by atoms with Crippen molar-refractivity contribution in [1.29, 1.82) is 0 Å². The molecule has 2 aliphatic carbocycles. The van der Waals surface area contributed by atoms with Crippen molar-refractivity contribution in [3.8, 4) is 0 Å². The summed E-state index contributed by atoms with van der Waals surface area (Å²) in [5.74, 6) is 1.59. The number of nitrogens with two attached hydrogens (primary N) is 1. The number of hydrogen-bond acceptors (Lipinski definition) is 3. The van der Waals surface area contributed by atoms with Gasteiger partial charge in [0.2, 0.25) is 0 Å². The number of nitrogens with zero attached hydrogens (tertiary/aromatic N) is 3. The lowest BCUT2D eigenvalue weighted by Crippen LogP contribution is -2.33. The molecule has 2 fully saturated rings. The van der Waals surface area contributed by atoms with Crippen molar-refractivity contribution in [2.45, 2.75) is 56.5 Å². The van der Waals surface area contributed by atoms with E-state index in [2.05, 4.69) is 14.8 Å². The summed E-state index contributed by atoms with van der Waals surface area (Å²) in [5.41, 5.74) is 6.18. The Balaban J connectivity index is 1.86. The zero-order chi connectivity index (χ0) is 10.3. The zero-order valence-electron chi connectivity index (χ0n) is 8.97. The van der Waals surface area contributed by atoms with Gasteiger partial charge in [0.1, 0.15) is 12.2 Å². The van der Waals surface area contributed by atoms with Crippen LogP contribution >= 0.6 is 0 Å². The first kappa shape index (κ1) is 9.33. The molecule has 1 aromatic heterocycles. The molecule has 82 valence electrons. The monoisotopic (exact) mass is 206 g/mol. The molecule has 4 nitrogen and oxygen atoms in total. The third kappa shape index (κ3) is 1.67. The average molecular weight is 206 g/mol. The van der Waals surface area contributed by atoms with Crippen molar-refractivity contribution in [1.82, 2.24) is 14.8 Å². The quantitative estimate of drug-likeness (QED) is 0.799. The molecule has 2 saturated carbocycles. The van der Waals surface area contributed by atoms with E-state index < -0.39 is 0 Å². The van der Waals surface area contributed by atoms with Gasteiger partial charge in [0.25, 0.3) is 0 Å². The van der Waals surface area contributed by atoms with E-state index in [1.807, 2.05) is 6.33 Å². The van der Waals surface area contributed by atoms with Gasteiger partial charge < -0.3 is 10.3 Å². The maximum absolute atomic E-state index is 6.18. The Morgan fingerprint density at radius 2 is 2.00 bits per heavy atom. The molecule has 0 aromatic carbocycles. The highest BCUT2D eigenvalue weighted by Gasteiger charge is 2.32. The van der Waals surface area contributed by atoms with Crippen LogP contribution < -0.4 is 5.73 Å². The zero-order valence-corrected chi connectivity index (χ0v) is 8.97. The van der Waals surface area contributed by atoms with Crippen LogP contribution in [0.25, 0.3) is 0 Å². The van der Waals surface area contributed by atoms with Gasteiger partial charge in [-0.15, -0.1) is 10.2 Å². The minimum Gasteiger partial charge on any atom is -0.327 e. The summed E-state index contributed by atoms with van der Waals surface area (Å²) in [6.07, 6.45) is 9.34. The van der Waals surface area contributed by atoms with Gasteiger partial charge in [0.05, 0.1) is 0 Å². The Hall–Kier alpha value is -0.900. The molecular weight excluding hydrogens is 188 g/mol. The van der Waals surface area contributed by atoms with Crippen molar-refractivity contribution in [2.75, 3.05) is 0 Å². The fraction of sp³-hybridized carbons (Fsp3) is 0.818. The Morgan fingerprint density at radius 3 is 2.73 bits per heavy atom. The van der Waals surface area contributed by atoms with Crippen LogP contribution in [0.5, 0.6) is 0 Å². The lowest BCUT2D eigenvalue weighted by atomic mass is 9.84. The van der Waals surface area contributed by atoms with E-state index in [9.17, 15) is 0 Å². The molecule has 0 spiro atoms. The van der Waals surface area contributed by atoms with Crippen molar-refractivity contribution in [3.05, 3.63) is 12.2 Å². The summed E-state index contributed by atoms with van der Waals surface area (Å²) < 4.78 is 2.26. The Kier molecular flexibility index (Phi) is 2.24. The second-order valence-corrected chi connectivity index (χ2v) is 4.88. The van der Waals surface area contributed by atoms with Gasteiger partial charge in [0.15, 0.2) is 0 Å².